The summed E-state index contributed by atoms with van der Waals surface area (Å²) in [5.74, 6) is 1.33. The van der Waals surface area contributed by atoms with Crippen LogP contribution in [0, 0.1) is 5.92 Å². The van der Waals surface area contributed by atoms with Crippen molar-refractivity contribution in [3.63, 3.8) is 0 Å². The highest BCUT2D eigenvalue weighted by molar-refractivity contribution is 5.95. The lowest BCUT2D eigenvalue weighted by atomic mass is 10.0. The summed E-state index contributed by atoms with van der Waals surface area (Å²) in [4.78, 5) is 16.8. The van der Waals surface area contributed by atoms with E-state index in [4.69, 9.17) is 0 Å². The van der Waals surface area contributed by atoms with Gasteiger partial charge in [-0.05, 0) is 44.7 Å². The second-order valence-corrected chi connectivity index (χ2v) is 5.62. The van der Waals surface area contributed by atoms with Gasteiger partial charge in [0, 0.05) is 23.8 Å². The van der Waals surface area contributed by atoms with Gasteiger partial charge in [0.2, 0.25) is 0 Å². The molecule has 0 fully saturated rings. The number of amides is 1. The minimum Gasteiger partial charge on any atom is -0.370 e. The molecule has 0 saturated carbocycles. The Morgan fingerprint density at radius 3 is 2.50 bits per heavy atom. The molecule has 0 aliphatic heterocycles. The second kappa shape index (κ2) is 7.88. The van der Waals surface area contributed by atoms with Gasteiger partial charge < -0.3 is 10.6 Å². The topological polar surface area (TPSA) is 54.0 Å². The van der Waals surface area contributed by atoms with Crippen LogP contribution in [0.5, 0.6) is 0 Å². The summed E-state index contributed by atoms with van der Waals surface area (Å²) in [7, 11) is 0. The minimum atomic E-state index is -0.0191. The van der Waals surface area contributed by atoms with Gasteiger partial charge in [0.15, 0.2) is 0 Å². The highest BCUT2D eigenvalue weighted by Crippen LogP contribution is 2.12. The number of carbonyl (C=O) groups is 1. The molecule has 0 radical (unpaired) electrons. The number of nitrogens with one attached hydrogen (secondary N) is 2. The monoisotopic (exact) mass is 277 g/mol. The average Bonchev–Trinajstić information content (AvgIpc) is 2.37. The summed E-state index contributed by atoms with van der Waals surface area (Å²) in [6, 6.07) is 3.88. The Balaban J connectivity index is 2.83. The molecule has 112 valence electrons. The van der Waals surface area contributed by atoms with Crippen LogP contribution in [0.3, 0.4) is 0 Å². The Bertz CT molecular complexity index is 443. The van der Waals surface area contributed by atoms with Gasteiger partial charge in [-0.25, -0.2) is 4.98 Å². The first kappa shape index (κ1) is 16.5. The number of hydrogen-bond donors (Lipinski definition) is 2. The van der Waals surface area contributed by atoms with Crippen molar-refractivity contribution >= 4 is 11.7 Å². The third kappa shape index (κ3) is 5.19. The Morgan fingerprint density at radius 1 is 1.25 bits per heavy atom. The van der Waals surface area contributed by atoms with Crippen molar-refractivity contribution in [1.29, 1.82) is 0 Å². The van der Waals surface area contributed by atoms with Crippen molar-refractivity contribution in [2.24, 2.45) is 5.92 Å². The number of nitrogens with zero attached hydrogens (tertiary/aromatic N) is 1. The molecule has 1 heterocycles. The maximum absolute atomic E-state index is 12.3. The number of aryl methyl sites for hydroxylation is 1. The predicted molar refractivity (Wildman–Crippen MR) is 84.2 cm³/mol. The van der Waals surface area contributed by atoms with Gasteiger partial charge in [-0.1, -0.05) is 20.8 Å². The van der Waals surface area contributed by atoms with E-state index in [0.717, 1.165) is 30.9 Å². The number of pyridine rings is 1. The van der Waals surface area contributed by atoms with E-state index in [1.807, 2.05) is 32.9 Å². The summed E-state index contributed by atoms with van der Waals surface area (Å²) in [5.41, 5.74) is 1.62. The molecule has 0 aliphatic rings. The van der Waals surface area contributed by atoms with Gasteiger partial charge in [-0.3, -0.25) is 4.79 Å². The predicted octanol–water partition coefficient (Wildman–Crippen LogP) is 3.24. The van der Waals surface area contributed by atoms with E-state index in [2.05, 4.69) is 29.5 Å². The summed E-state index contributed by atoms with van der Waals surface area (Å²) >= 11 is 0. The van der Waals surface area contributed by atoms with Crippen molar-refractivity contribution in [3.05, 3.63) is 23.4 Å². The van der Waals surface area contributed by atoms with Crippen LogP contribution >= 0.6 is 0 Å². The van der Waals surface area contributed by atoms with E-state index in [1.165, 1.54) is 0 Å². The zero-order valence-corrected chi connectivity index (χ0v) is 13.3. The molecule has 1 rings (SSSR count). The number of rotatable bonds is 7. The summed E-state index contributed by atoms with van der Waals surface area (Å²) < 4.78 is 0. The highest BCUT2D eigenvalue weighted by Gasteiger charge is 2.13. The highest BCUT2D eigenvalue weighted by atomic mass is 16.1. The molecule has 0 aromatic carbocycles. The van der Waals surface area contributed by atoms with Crippen molar-refractivity contribution in [2.75, 3.05) is 11.9 Å². The standard InChI is InChI=1S/C16H27N3O/c1-6-14-9-13(10-15(19-14)17-7-2)16(20)18-12(5)8-11(3)4/h9-12H,6-8H2,1-5H3,(H,17,19)(H,18,20). The van der Waals surface area contributed by atoms with Crippen molar-refractivity contribution in [1.82, 2.24) is 10.3 Å². The lowest BCUT2D eigenvalue weighted by molar-refractivity contribution is 0.0936. The molecule has 0 saturated heterocycles. The quantitative estimate of drug-likeness (QED) is 0.804. The van der Waals surface area contributed by atoms with E-state index in [1.54, 1.807) is 0 Å². The molecule has 1 atom stereocenters. The molecule has 1 unspecified atom stereocenters. The zero-order chi connectivity index (χ0) is 15.1. The first-order valence-electron chi connectivity index (χ1n) is 7.51. The molecule has 1 aromatic heterocycles. The van der Waals surface area contributed by atoms with Gasteiger partial charge in [0.25, 0.3) is 5.91 Å². The largest absolute Gasteiger partial charge is 0.370 e. The molecule has 0 aliphatic carbocycles. The van der Waals surface area contributed by atoms with Gasteiger partial charge in [0.1, 0.15) is 5.82 Å². The van der Waals surface area contributed by atoms with Crippen LogP contribution in [0.4, 0.5) is 5.82 Å². The van der Waals surface area contributed by atoms with Gasteiger partial charge in [0.05, 0.1) is 0 Å². The van der Waals surface area contributed by atoms with E-state index < -0.39 is 0 Å². The van der Waals surface area contributed by atoms with E-state index >= 15 is 0 Å². The number of anilines is 1. The van der Waals surface area contributed by atoms with Gasteiger partial charge in [-0.15, -0.1) is 0 Å². The van der Waals surface area contributed by atoms with E-state index in [0.29, 0.717) is 11.5 Å². The minimum absolute atomic E-state index is 0.0191. The number of carbonyl (C=O) groups excluding carboxylic acids is 1. The summed E-state index contributed by atoms with van der Waals surface area (Å²) in [6.45, 7) is 11.2. The van der Waals surface area contributed by atoms with E-state index in [-0.39, 0.29) is 11.9 Å². The van der Waals surface area contributed by atoms with Crippen molar-refractivity contribution < 1.29 is 4.79 Å². The first-order chi connectivity index (χ1) is 9.46. The van der Waals surface area contributed by atoms with Crippen LogP contribution in [-0.4, -0.2) is 23.5 Å². The maximum atomic E-state index is 12.3. The lowest BCUT2D eigenvalue weighted by Crippen LogP contribution is -2.33. The van der Waals surface area contributed by atoms with Crippen LogP contribution in [0.1, 0.15) is 57.1 Å². The number of aromatic nitrogens is 1. The third-order valence-corrected chi connectivity index (χ3v) is 3.06. The fraction of sp³-hybridized carbons (Fsp3) is 0.625. The van der Waals surface area contributed by atoms with Crippen LogP contribution in [-0.2, 0) is 6.42 Å². The molecule has 4 heteroatoms. The summed E-state index contributed by atoms with van der Waals surface area (Å²) in [6.07, 6.45) is 1.80. The van der Waals surface area contributed by atoms with E-state index in [9.17, 15) is 4.79 Å². The molecule has 0 bridgehead atoms. The Kier molecular flexibility index (Phi) is 6.49. The SMILES string of the molecule is CCNc1cc(C(=O)NC(C)CC(C)C)cc(CC)n1. The lowest BCUT2D eigenvalue weighted by Gasteiger charge is -2.16. The number of hydrogen-bond acceptors (Lipinski definition) is 3. The fourth-order valence-corrected chi connectivity index (χ4v) is 2.24. The molecular weight excluding hydrogens is 250 g/mol. The van der Waals surface area contributed by atoms with Crippen LogP contribution in [0.2, 0.25) is 0 Å². The fourth-order valence-electron chi connectivity index (χ4n) is 2.24. The normalized spacial score (nSPS) is 12.3. The summed E-state index contributed by atoms with van der Waals surface area (Å²) in [5, 5.41) is 6.23. The van der Waals surface area contributed by atoms with Crippen molar-refractivity contribution in [3.8, 4) is 0 Å². The van der Waals surface area contributed by atoms with Gasteiger partial charge in [-0.2, -0.15) is 0 Å². The Hall–Kier alpha value is -1.58. The maximum Gasteiger partial charge on any atom is 0.251 e. The second-order valence-electron chi connectivity index (χ2n) is 5.62. The molecule has 1 aromatic rings. The Labute approximate surface area is 122 Å². The molecule has 0 spiro atoms. The molecule has 1 amide bonds. The zero-order valence-electron chi connectivity index (χ0n) is 13.3. The third-order valence-electron chi connectivity index (χ3n) is 3.06. The molecule has 20 heavy (non-hydrogen) atoms. The smallest absolute Gasteiger partial charge is 0.251 e. The van der Waals surface area contributed by atoms with Gasteiger partial charge >= 0.3 is 0 Å². The van der Waals surface area contributed by atoms with Crippen LogP contribution in [0.25, 0.3) is 0 Å². The molecule has 4 nitrogen and oxygen atoms in total. The van der Waals surface area contributed by atoms with Crippen molar-refractivity contribution in [2.45, 2.75) is 53.5 Å². The average molecular weight is 277 g/mol. The van der Waals surface area contributed by atoms with Crippen LogP contribution < -0.4 is 10.6 Å². The Morgan fingerprint density at radius 2 is 1.95 bits per heavy atom. The molecule has 2 N–H and O–H groups in total. The van der Waals surface area contributed by atoms with Crippen LogP contribution in [0.15, 0.2) is 12.1 Å². The first-order valence-corrected chi connectivity index (χ1v) is 7.51. The molecular formula is C16H27N3O.